The van der Waals surface area contributed by atoms with E-state index in [4.69, 9.17) is 26.8 Å². The molecule has 0 amide bonds. The van der Waals surface area contributed by atoms with Crippen molar-refractivity contribution in [3.63, 3.8) is 0 Å². The van der Waals surface area contributed by atoms with Gasteiger partial charge < -0.3 is 20.2 Å². The van der Waals surface area contributed by atoms with Crippen molar-refractivity contribution in [2.45, 2.75) is 6.92 Å². The molecule has 0 aliphatic rings. The summed E-state index contributed by atoms with van der Waals surface area (Å²) in [5, 5.41) is 0.751. The molecule has 0 bridgehead atoms. The molecule has 26 heavy (non-hydrogen) atoms. The molecule has 0 atom stereocenters. The third kappa shape index (κ3) is 3.11. The molecule has 134 valence electrons. The third-order valence-corrected chi connectivity index (χ3v) is 4.17. The van der Waals surface area contributed by atoms with E-state index >= 15 is 0 Å². The van der Waals surface area contributed by atoms with Crippen LogP contribution in [0.1, 0.15) is 33.3 Å². The topological polar surface area (TPSA) is 94.4 Å². The molecule has 1 aromatic heterocycles. The Morgan fingerprint density at radius 1 is 1.23 bits per heavy atom. The number of nitrogens with one attached hydrogen (secondary N) is 1. The average Bonchev–Trinajstić information content (AvgIpc) is 2.97. The predicted molar refractivity (Wildman–Crippen MR) is 100 cm³/mol. The van der Waals surface area contributed by atoms with Gasteiger partial charge in [0, 0.05) is 16.0 Å². The van der Waals surface area contributed by atoms with Crippen LogP contribution in [0.5, 0.6) is 5.75 Å². The normalized spacial score (nSPS) is 10.7. The van der Waals surface area contributed by atoms with Crippen LogP contribution < -0.4 is 10.5 Å². The number of methoxy groups -OCH3 is 1. The monoisotopic (exact) mass is 372 g/mol. The number of nitrogens with two attached hydrogens (primary N) is 1. The van der Waals surface area contributed by atoms with Crippen LogP contribution in [0.4, 0.5) is 5.69 Å². The Balaban J connectivity index is 2.16. The minimum Gasteiger partial charge on any atom is -0.497 e. The van der Waals surface area contributed by atoms with Crippen molar-refractivity contribution in [2.24, 2.45) is 0 Å². The highest BCUT2D eigenvalue weighted by Crippen LogP contribution is 2.33. The summed E-state index contributed by atoms with van der Waals surface area (Å²) in [5.74, 6) is -0.310. The van der Waals surface area contributed by atoms with Crippen LogP contribution >= 0.6 is 11.6 Å². The van der Waals surface area contributed by atoms with E-state index in [2.05, 4.69) is 4.98 Å². The maximum Gasteiger partial charge on any atom is 0.338 e. The van der Waals surface area contributed by atoms with Crippen molar-refractivity contribution in [3.8, 4) is 5.75 Å². The van der Waals surface area contributed by atoms with Gasteiger partial charge in [-0.2, -0.15) is 0 Å². The van der Waals surface area contributed by atoms with Crippen LogP contribution in [0, 0.1) is 0 Å². The number of hydrogen-bond acceptors (Lipinski definition) is 5. The summed E-state index contributed by atoms with van der Waals surface area (Å²) in [4.78, 5) is 28.1. The number of ether oxygens (including phenoxy) is 2. The van der Waals surface area contributed by atoms with E-state index < -0.39 is 5.97 Å². The van der Waals surface area contributed by atoms with Crippen molar-refractivity contribution in [3.05, 3.63) is 58.2 Å². The van der Waals surface area contributed by atoms with Gasteiger partial charge in [0.15, 0.2) is 0 Å². The molecule has 0 radical (unpaired) electrons. The zero-order chi connectivity index (χ0) is 18.8. The molecular weight excluding hydrogens is 356 g/mol. The quantitative estimate of drug-likeness (QED) is 0.524. The van der Waals surface area contributed by atoms with Gasteiger partial charge in [-0.15, -0.1) is 0 Å². The number of nitrogen functional groups attached to an aromatic ring is 1. The standard InChI is InChI=1S/C19H17ClN2O4/c1-3-26-19(24)13-8-11(20)9-14-15(13)16(21)17(22-14)18(23)10-5-4-6-12(7-10)25-2/h4-9,22H,3,21H2,1-2H3. The van der Waals surface area contributed by atoms with Gasteiger partial charge in [-0.25, -0.2) is 4.79 Å². The smallest absolute Gasteiger partial charge is 0.338 e. The van der Waals surface area contributed by atoms with Crippen molar-refractivity contribution in [1.29, 1.82) is 0 Å². The van der Waals surface area contributed by atoms with E-state index in [0.717, 1.165) is 0 Å². The number of aromatic nitrogens is 1. The molecule has 0 unspecified atom stereocenters. The fraction of sp³-hybridized carbons (Fsp3) is 0.158. The van der Waals surface area contributed by atoms with Crippen LogP contribution in [0.3, 0.4) is 0 Å². The number of aromatic amines is 1. The molecule has 1 heterocycles. The second kappa shape index (κ2) is 7.09. The highest BCUT2D eigenvalue weighted by Gasteiger charge is 2.23. The number of ketones is 1. The van der Waals surface area contributed by atoms with Crippen molar-refractivity contribution in [2.75, 3.05) is 19.5 Å². The zero-order valence-electron chi connectivity index (χ0n) is 14.3. The lowest BCUT2D eigenvalue weighted by molar-refractivity contribution is 0.0528. The largest absolute Gasteiger partial charge is 0.497 e. The van der Waals surface area contributed by atoms with Gasteiger partial charge in [0.25, 0.3) is 0 Å². The number of carbonyl (C=O) groups is 2. The van der Waals surface area contributed by atoms with Gasteiger partial charge in [0.2, 0.25) is 5.78 Å². The van der Waals surface area contributed by atoms with Crippen LogP contribution in [0.2, 0.25) is 5.02 Å². The van der Waals surface area contributed by atoms with E-state index in [1.165, 1.54) is 13.2 Å². The minimum absolute atomic E-state index is 0.174. The minimum atomic E-state index is -0.550. The molecule has 2 aromatic carbocycles. The van der Waals surface area contributed by atoms with Crippen molar-refractivity contribution >= 4 is 39.9 Å². The summed E-state index contributed by atoms with van der Waals surface area (Å²) in [6.07, 6.45) is 0. The number of benzene rings is 2. The molecule has 3 rings (SSSR count). The fourth-order valence-electron chi connectivity index (χ4n) is 2.78. The van der Waals surface area contributed by atoms with Crippen LogP contribution in [0.15, 0.2) is 36.4 Å². The van der Waals surface area contributed by atoms with Crippen molar-refractivity contribution in [1.82, 2.24) is 4.98 Å². The molecule has 0 fully saturated rings. The van der Waals surface area contributed by atoms with E-state index in [0.29, 0.717) is 27.2 Å². The molecule has 0 aliphatic carbocycles. The lowest BCUT2D eigenvalue weighted by Crippen LogP contribution is -2.07. The number of anilines is 1. The van der Waals surface area contributed by atoms with Crippen LogP contribution in [0.25, 0.3) is 10.9 Å². The summed E-state index contributed by atoms with van der Waals surface area (Å²) < 4.78 is 10.2. The second-order valence-electron chi connectivity index (χ2n) is 5.57. The summed E-state index contributed by atoms with van der Waals surface area (Å²) in [5.41, 5.74) is 7.67. The fourth-order valence-corrected chi connectivity index (χ4v) is 3.00. The maximum atomic E-state index is 12.9. The summed E-state index contributed by atoms with van der Waals surface area (Å²) >= 11 is 6.10. The number of hydrogen-bond donors (Lipinski definition) is 2. The van der Waals surface area contributed by atoms with Gasteiger partial charge in [0.05, 0.1) is 30.5 Å². The molecule has 0 aliphatic heterocycles. The molecule has 0 saturated carbocycles. The van der Waals surface area contributed by atoms with E-state index in [1.54, 1.807) is 37.3 Å². The molecule has 7 heteroatoms. The molecule has 0 spiro atoms. The molecule has 3 N–H and O–H groups in total. The Bertz CT molecular complexity index is 1010. The lowest BCUT2D eigenvalue weighted by Gasteiger charge is -2.05. The second-order valence-corrected chi connectivity index (χ2v) is 6.01. The van der Waals surface area contributed by atoms with Gasteiger partial charge >= 0.3 is 5.97 Å². The van der Waals surface area contributed by atoms with Crippen LogP contribution in [-0.2, 0) is 4.74 Å². The van der Waals surface area contributed by atoms with Gasteiger partial charge in [-0.1, -0.05) is 23.7 Å². The zero-order valence-corrected chi connectivity index (χ0v) is 15.0. The number of esters is 1. The predicted octanol–water partition coefficient (Wildman–Crippen LogP) is 3.82. The lowest BCUT2D eigenvalue weighted by atomic mass is 10.0. The number of halogens is 1. The number of H-pyrrole nitrogens is 1. The van der Waals surface area contributed by atoms with E-state index in [9.17, 15) is 9.59 Å². The SMILES string of the molecule is CCOC(=O)c1cc(Cl)cc2[nH]c(C(=O)c3cccc(OC)c3)c(N)c12. The molecule has 0 saturated heterocycles. The number of rotatable bonds is 5. The average molecular weight is 373 g/mol. The summed E-state index contributed by atoms with van der Waals surface area (Å²) in [7, 11) is 1.52. The molecule has 6 nitrogen and oxygen atoms in total. The van der Waals surface area contributed by atoms with Crippen LogP contribution in [-0.4, -0.2) is 30.5 Å². The van der Waals surface area contributed by atoms with Gasteiger partial charge in [-0.05, 0) is 31.2 Å². The Morgan fingerprint density at radius 2 is 2.00 bits per heavy atom. The van der Waals surface area contributed by atoms with E-state index in [1.807, 2.05) is 0 Å². The van der Waals surface area contributed by atoms with E-state index in [-0.39, 0.29) is 29.3 Å². The Hall–Kier alpha value is -2.99. The first-order valence-corrected chi connectivity index (χ1v) is 8.30. The molecule has 3 aromatic rings. The first kappa shape index (κ1) is 17.8. The molecular formula is C19H17ClN2O4. The Kier molecular flexibility index (Phi) is 4.86. The number of carbonyl (C=O) groups excluding carboxylic acids is 2. The number of fused-ring (bicyclic) bond motifs is 1. The first-order valence-electron chi connectivity index (χ1n) is 7.92. The Labute approximate surface area is 154 Å². The summed E-state index contributed by atoms with van der Waals surface area (Å²) in [6.45, 7) is 1.92. The third-order valence-electron chi connectivity index (χ3n) is 3.96. The van der Waals surface area contributed by atoms with Gasteiger partial charge in [0.1, 0.15) is 11.4 Å². The van der Waals surface area contributed by atoms with Gasteiger partial charge in [-0.3, -0.25) is 4.79 Å². The first-order chi connectivity index (χ1) is 12.5. The van der Waals surface area contributed by atoms with Crippen molar-refractivity contribution < 1.29 is 19.1 Å². The Morgan fingerprint density at radius 3 is 2.69 bits per heavy atom. The highest BCUT2D eigenvalue weighted by atomic mass is 35.5. The maximum absolute atomic E-state index is 12.9. The highest BCUT2D eigenvalue weighted by molar-refractivity contribution is 6.32. The summed E-state index contributed by atoms with van der Waals surface area (Å²) in [6, 6.07) is 9.82.